The number of hydrogen-bond donors (Lipinski definition) is 2. The zero-order valence-corrected chi connectivity index (χ0v) is 21.0. The van der Waals surface area contributed by atoms with Crippen molar-refractivity contribution in [3.8, 4) is 5.75 Å². The van der Waals surface area contributed by atoms with Gasteiger partial charge in [0.2, 0.25) is 0 Å². The second kappa shape index (κ2) is 9.16. The van der Waals surface area contributed by atoms with Gasteiger partial charge in [0, 0.05) is 17.1 Å². The highest BCUT2D eigenvalue weighted by molar-refractivity contribution is 7.92. The minimum absolute atomic E-state index is 0.0704. The summed E-state index contributed by atoms with van der Waals surface area (Å²) in [5.41, 5.74) is 1.19. The number of ether oxygens (including phenoxy) is 1. The molecule has 8 nitrogen and oxygen atoms in total. The van der Waals surface area contributed by atoms with E-state index in [1.807, 2.05) is 24.3 Å². The number of anilines is 1. The van der Waals surface area contributed by atoms with Crippen LogP contribution in [0.2, 0.25) is 0 Å². The topological polar surface area (TPSA) is 108 Å². The average Bonchev–Trinajstić information content (AvgIpc) is 3.68. The van der Waals surface area contributed by atoms with Gasteiger partial charge >= 0.3 is 6.36 Å². The summed E-state index contributed by atoms with van der Waals surface area (Å²) in [6.45, 7) is -0.193. The SMILES string of the molecule is O=c1[nH][nH]c2cc(S(=O)(=O)N(Cc3ccc(OC(F)(F)F)cc3)c3ncc4ccccc4c3C3CC3)ccc12. The Balaban J connectivity index is 1.49. The molecule has 1 aliphatic rings. The first-order valence-electron chi connectivity index (χ1n) is 12.1. The van der Waals surface area contributed by atoms with Crippen molar-refractivity contribution in [2.24, 2.45) is 0 Å². The fraction of sp³-hybridized carbons (Fsp3) is 0.185. The van der Waals surface area contributed by atoms with Crippen molar-refractivity contribution in [3.05, 3.63) is 94.4 Å². The quantitative estimate of drug-likeness (QED) is 0.273. The molecule has 1 fully saturated rings. The van der Waals surface area contributed by atoms with E-state index in [0.717, 1.165) is 41.3 Å². The molecule has 1 saturated carbocycles. The molecule has 0 saturated heterocycles. The molecule has 6 rings (SSSR count). The fourth-order valence-corrected chi connectivity index (χ4v) is 6.14. The molecule has 39 heavy (non-hydrogen) atoms. The smallest absolute Gasteiger partial charge is 0.406 e. The van der Waals surface area contributed by atoms with Crippen LogP contribution in [0.15, 0.2) is 82.6 Å². The Hall–Kier alpha value is -4.32. The van der Waals surface area contributed by atoms with Crippen molar-refractivity contribution in [2.45, 2.75) is 36.6 Å². The first-order valence-corrected chi connectivity index (χ1v) is 13.5. The molecule has 200 valence electrons. The first kappa shape index (κ1) is 25.0. The number of nitrogens with one attached hydrogen (secondary N) is 2. The van der Waals surface area contributed by atoms with Gasteiger partial charge in [0.1, 0.15) is 11.6 Å². The summed E-state index contributed by atoms with van der Waals surface area (Å²) in [4.78, 5) is 16.5. The van der Waals surface area contributed by atoms with Crippen molar-refractivity contribution in [2.75, 3.05) is 4.31 Å². The summed E-state index contributed by atoms with van der Waals surface area (Å²) < 4.78 is 71.4. The normalized spacial score (nSPS) is 14.1. The maximum absolute atomic E-state index is 14.2. The molecule has 5 aromatic rings. The third kappa shape index (κ3) is 4.83. The predicted octanol–water partition coefficient (Wildman–Crippen LogP) is 5.58. The number of rotatable bonds is 7. The van der Waals surface area contributed by atoms with Crippen LogP contribution in [0.3, 0.4) is 0 Å². The van der Waals surface area contributed by atoms with Gasteiger partial charge in [-0.05, 0) is 60.0 Å². The van der Waals surface area contributed by atoms with E-state index < -0.39 is 22.1 Å². The highest BCUT2D eigenvalue weighted by Gasteiger charge is 2.35. The second-order valence-corrected chi connectivity index (χ2v) is 11.2. The molecule has 12 heteroatoms. The molecule has 0 unspecified atom stereocenters. The number of sulfonamides is 1. The van der Waals surface area contributed by atoms with Crippen LogP contribution in [0.5, 0.6) is 5.75 Å². The number of fused-ring (bicyclic) bond motifs is 2. The van der Waals surface area contributed by atoms with Crippen molar-refractivity contribution in [1.82, 2.24) is 15.2 Å². The van der Waals surface area contributed by atoms with Gasteiger partial charge < -0.3 is 4.74 Å². The van der Waals surface area contributed by atoms with Crippen LogP contribution in [0, 0.1) is 0 Å². The molecule has 1 aliphatic carbocycles. The summed E-state index contributed by atoms with van der Waals surface area (Å²) in [6.07, 6.45) is -1.46. The van der Waals surface area contributed by atoms with E-state index in [1.165, 1.54) is 34.6 Å². The van der Waals surface area contributed by atoms with E-state index in [4.69, 9.17) is 0 Å². The Bertz CT molecular complexity index is 1860. The molecule has 0 atom stereocenters. The number of hydrogen-bond acceptors (Lipinski definition) is 5. The molecular weight excluding hydrogens is 533 g/mol. The summed E-state index contributed by atoms with van der Waals surface area (Å²) in [5, 5.41) is 7.19. The summed E-state index contributed by atoms with van der Waals surface area (Å²) in [7, 11) is -4.25. The zero-order valence-electron chi connectivity index (χ0n) is 20.2. The number of nitrogens with zero attached hydrogens (tertiary/aromatic N) is 2. The second-order valence-electron chi connectivity index (χ2n) is 9.35. The van der Waals surface area contributed by atoms with Crippen LogP contribution in [0.4, 0.5) is 19.0 Å². The highest BCUT2D eigenvalue weighted by atomic mass is 32.2. The number of aromatic nitrogens is 3. The lowest BCUT2D eigenvalue weighted by atomic mass is 10.0. The first-order chi connectivity index (χ1) is 18.6. The van der Waals surface area contributed by atoms with Crippen LogP contribution < -0.4 is 14.6 Å². The molecular formula is C27H21F3N4O4S. The van der Waals surface area contributed by atoms with Gasteiger partial charge in [-0.15, -0.1) is 13.2 Å². The van der Waals surface area contributed by atoms with Crippen LogP contribution >= 0.6 is 0 Å². The third-order valence-electron chi connectivity index (χ3n) is 6.66. The molecule has 0 bridgehead atoms. The Morgan fingerprint density at radius 3 is 2.44 bits per heavy atom. The third-order valence-corrected chi connectivity index (χ3v) is 8.39. The number of aromatic amines is 2. The highest BCUT2D eigenvalue weighted by Crippen LogP contribution is 2.48. The van der Waals surface area contributed by atoms with E-state index in [-0.39, 0.29) is 28.7 Å². The fourth-order valence-electron chi connectivity index (χ4n) is 4.69. The zero-order chi connectivity index (χ0) is 27.4. The van der Waals surface area contributed by atoms with Gasteiger partial charge in [-0.2, -0.15) is 0 Å². The van der Waals surface area contributed by atoms with Crippen LogP contribution in [0.25, 0.3) is 21.7 Å². The number of H-pyrrole nitrogens is 2. The van der Waals surface area contributed by atoms with Crippen molar-refractivity contribution >= 4 is 37.5 Å². The monoisotopic (exact) mass is 554 g/mol. The minimum atomic E-state index is -4.84. The minimum Gasteiger partial charge on any atom is -0.406 e. The Morgan fingerprint density at radius 2 is 1.72 bits per heavy atom. The lowest BCUT2D eigenvalue weighted by Gasteiger charge is -2.27. The van der Waals surface area contributed by atoms with Gasteiger partial charge in [0.25, 0.3) is 15.6 Å². The lowest BCUT2D eigenvalue weighted by Crippen LogP contribution is -2.32. The Kier molecular flexibility index (Phi) is 5.87. The summed E-state index contributed by atoms with van der Waals surface area (Å²) in [6, 6.07) is 16.8. The van der Waals surface area contributed by atoms with Gasteiger partial charge in [0.05, 0.1) is 22.3 Å². The summed E-state index contributed by atoms with van der Waals surface area (Å²) in [5.74, 6) is -0.0260. The lowest BCUT2D eigenvalue weighted by molar-refractivity contribution is -0.274. The van der Waals surface area contributed by atoms with Crippen LogP contribution in [-0.2, 0) is 16.6 Å². The number of halogens is 3. The van der Waals surface area contributed by atoms with E-state index in [1.54, 1.807) is 6.20 Å². The molecule has 0 radical (unpaired) electrons. The number of pyridine rings is 1. The van der Waals surface area contributed by atoms with E-state index in [0.29, 0.717) is 16.5 Å². The van der Waals surface area contributed by atoms with Crippen LogP contribution in [-0.4, -0.2) is 30.0 Å². The van der Waals surface area contributed by atoms with Gasteiger partial charge in [-0.1, -0.05) is 36.4 Å². The van der Waals surface area contributed by atoms with E-state index in [2.05, 4.69) is 19.9 Å². The molecule has 3 aromatic carbocycles. The van der Waals surface area contributed by atoms with Crippen LogP contribution in [0.1, 0.15) is 29.9 Å². The average molecular weight is 555 g/mol. The van der Waals surface area contributed by atoms with Crippen molar-refractivity contribution in [1.29, 1.82) is 0 Å². The molecule has 2 N–H and O–H groups in total. The molecule has 0 aliphatic heterocycles. The van der Waals surface area contributed by atoms with E-state index in [9.17, 15) is 26.4 Å². The van der Waals surface area contributed by atoms with Gasteiger partial charge in [-0.25, -0.2) is 17.7 Å². The Labute approximate surface area is 220 Å². The van der Waals surface area contributed by atoms with Crippen molar-refractivity contribution < 1.29 is 26.3 Å². The van der Waals surface area contributed by atoms with Crippen molar-refractivity contribution in [3.63, 3.8) is 0 Å². The largest absolute Gasteiger partial charge is 0.573 e. The number of alkyl halides is 3. The molecule has 0 amide bonds. The molecule has 2 heterocycles. The maximum Gasteiger partial charge on any atom is 0.573 e. The molecule has 2 aromatic heterocycles. The van der Waals surface area contributed by atoms with Gasteiger partial charge in [-0.3, -0.25) is 15.0 Å². The number of benzene rings is 3. The standard InChI is InChI=1S/C27H21F3N4O4S/c28-27(29,30)38-19-9-5-16(6-10-19)15-34(39(36,37)20-11-12-22-23(13-20)32-33-26(22)35)25-24(17-7-8-17)21-4-2-1-3-18(21)14-31-25/h1-6,9-14,17H,7-8,15H2,(H2,32,33,35). The Morgan fingerprint density at radius 1 is 0.974 bits per heavy atom. The predicted molar refractivity (Wildman–Crippen MR) is 139 cm³/mol. The summed E-state index contributed by atoms with van der Waals surface area (Å²) >= 11 is 0. The van der Waals surface area contributed by atoms with Gasteiger partial charge in [0.15, 0.2) is 0 Å². The molecule has 0 spiro atoms. The maximum atomic E-state index is 14.2. The van der Waals surface area contributed by atoms with E-state index >= 15 is 0 Å².